The lowest BCUT2D eigenvalue weighted by Crippen LogP contribution is -2.15. The first kappa shape index (κ1) is 20.4. The monoisotopic (exact) mass is 428 g/mol. The molecule has 0 aliphatic rings. The van der Waals surface area contributed by atoms with Crippen molar-refractivity contribution in [3.05, 3.63) is 77.6 Å². The molecule has 31 heavy (non-hydrogen) atoms. The first-order valence-corrected chi connectivity index (χ1v) is 9.14. The summed E-state index contributed by atoms with van der Waals surface area (Å²) in [6.07, 6.45) is -4.44. The largest absolute Gasteiger partial charge is 0.416 e. The molecule has 0 fully saturated rings. The van der Waals surface area contributed by atoms with Gasteiger partial charge in [-0.15, -0.1) is 0 Å². The van der Waals surface area contributed by atoms with E-state index >= 15 is 0 Å². The number of hydrogen-bond donors (Lipinski definition) is 2. The van der Waals surface area contributed by atoms with Gasteiger partial charge < -0.3 is 15.6 Å². The number of benzene rings is 2. The highest BCUT2D eigenvalue weighted by Gasteiger charge is 2.30. The quantitative estimate of drug-likeness (QED) is 0.439. The summed E-state index contributed by atoms with van der Waals surface area (Å²) in [5.74, 6) is -1.17. The number of rotatable bonds is 3. The summed E-state index contributed by atoms with van der Waals surface area (Å²) in [4.78, 5) is 16.4. The number of alkyl halides is 3. The van der Waals surface area contributed by atoms with Crippen LogP contribution in [0.1, 0.15) is 15.9 Å². The second-order valence-corrected chi connectivity index (χ2v) is 6.92. The molecule has 4 aromatic rings. The zero-order chi connectivity index (χ0) is 22.3. The third-order valence-corrected chi connectivity index (χ3v) is 4.93. The fraction of sp³-hybridized carbons (Fsp3) is 0.0909. The van der Waals surface area contributed by atoms with Crippen molar-refractivity contribution in [3.63, 3.8) is 0 Å². The van der Waals surface area contributed by atoms with Crippen LogP contribution in [-0.2, 0) is 13.2 Å². The number of nitrogens with one attached hydrogen (secondary N) is 1. The van der Waals surface area contributed by atoms with Crippen molar-refractivity contribution in [1.29, 1.82) is 0 Å². The summed E-state index contributed by atoms with van der Waals surface area (Å²) >= 11 is 0. The number of carbonyl (C=O) groups is 1. The van der Waals surface area contributed by atoms with E-state index in [1.807, 2.05) is 0 Å². The maximum atomic E-state index is 13.8. The maximum absolute atomic E-state index is 13.8. The van der Waals surface area contributed by atoms with Crippen LogP contribution in [0.4, 0.5) is 29.2 Å². The Labute approximate surface area is 174 Å². The molecule has 4 rings (SSSR count). The predicted molar refractivity (Wildman–Crippen MR) is 110 cm³/mol. The fourth-order valence-electron chi connectivity index (χ4n) is 3.37. The van der Waals surface area contributed by atoms with Crippen LogP contribution in [0, 0.1) is 5.82 Å². The zero-order valence-corrected chi connectivity index (χ0v) is 16.2. The van der Waals surface area contributed by atoms with Crippen LogP contribution < -0.4 is 11.1 Å². The van der Waals surface area contributed by atoms with Crippen LogP contribution in [0.2, 0.25) is 0 Å². The SMILES string of the molecule is Cn1c(-c2ccc(NC(=O)c3ccccc3F)nc2N)cc2cc(C(F)(F)F)ccc21. The standard InChI is InChI=1S/C22H16F4N4O/c1-30-17-8-6-13(22(24,25)26)10-12(17)11-18(30)15-7-9-19(28-20(15)27)29-21(31)14-4-2-3-5-16(14)23/h2-11H,1H3,(H3,27,28,29,31). The normalized spacial score (nSPS) is 11.6. The topological polar surface area (TPSA) is 72.9 Å². The van der Waals surface area contributed by atoms with E-state index in [2.05, 4.69) is 10.3 Å². The van der Waals surface area contributed by atoms with Gasteiger partial charge in [0.2, 0.25) is 0 Å². The number of carbonyl (C=O) groups excluding carboxylic acids is 1. The predicted octanol–water partition coefficient (Wildman–Crippen LogP) is 5.23. The Kier molecular flexibility index (Phi) is 4.88. The molecular formula is C22H16F4N4O. The highest BCUT2D eigenvalue weighted by Crippen LogP contribution is 2.35. The van der Waals surface area contributed by atoms with Gasteiger partial charge in [0.05, 0.1) is 16.8 Å². The number of fused-ring (bicyclic) bond motifs is 1. The van der Waals surface area contributed by atoms with Crippen LogP contribution >= 0.6 is 0 Å². The zero-order valence-electron chi connectivity index (χ0n) is 16.2. The van der Waals surface area contributed by atoms with Gasteiger partial charge in [-0.25, -0.2) is 9.37 Å². The van der Waals surface area contributed by atoms with E-state index in [1.54, 1.807) is 23.7 Å². The number of nitrogen functional groups attached to an aromatic ring is 1. The Hall–Kier alpha value is -3.88. The lowest BCUT2D eigenvalue weighted by molar-refractivity contribution is -0.137. The minimum atomic E-state index is -4.44. The van der Waals surface area contributed by atoms with E-state index in [1.165, 1.54) is 36.4 Å². The smallest absolute Gasteiger partial charge is 0.383 e. The number of anilines is 2. The second-order valence-electron chi connectivity index (χ2n) is 6.92. The molecule has 158 valence electrons. The average molecular weight is 428 g/mol. The molecule has 9 heteroatoms. The summed E-state index contributed by atoms with van der Waals surface area (Å²) in [6.45, 7) is 0. The molecule has 1 amide bonds. The van der Waals surface area contributed by atoms with E-state index in [0.717, 1.165) is 12.1 Å². The van der Waals surface area contributed by atoms with Crippen molar-refractivity contribution < 1.29 is 22.4 Å². The van der Waals surface area contributed by atoms with Gasteiger partial charge in [0.15, 0.2) is 0 Å². The number of amides is 1. The Morgan fingerprint density at radius 1 is 1.06 bits per heavy atom. The number of nitrogens with two attached hydrogens (primary N) is 1. The highest BCUT2D eigenvalue weighted by molar-refractivity contribution is 6.04. The summed E-state index contributed by atoms with van der Waals surface area (Å²) in [7, 11) is 1.71. The van der Waals surface area contributed by atoms with Crippen LogP contribution in [0.25, 0.3) is 22.2 Å². The molecule has 0 aliphatic carbocycles. The molecule has 0 bridgehead atoms. The van der Waals surface area contributed by atoms with Crippen molar-refractivity contribution in [2.45, 2.75) is 6.18 Å². The van der Waals surface area contributed by atoms with E-state index in [9.17, 15) is 22.4 Å². The molecule has 0 atom stereocenters. The first-order valence-electron chi connectivity index (χ1n) is 9.14. The van der Waals surface area contributed by atoms with Gasteiger partial charge in [-0.1, -0.05) is 12.1 Å². The third-order valence-electron chi connectivity index (χ3n) is 4.93. The van der Waals surface area contributed by atoms with E-state index in [0.29, 0.717) is 22.2 Å². The van der Waals surface area contributed by atoms with Crippen LogP contribution in [-0.4, -0.2) is 15.5 Å². The second kappa shape index (κ2) is 7.42. The summed E-state index contributed by atoms with van der Waals surface area (Å²) < 4.78 is 54.5. The van der Waals surface area contributed by atoms with Gasteiger partial charge in [-0.2, -0.15) is 13.2 Å². The molecule has 2 aromatic heterocycles. The third kappa shape index (κ3) is 3.81. The number of nitrogens with zero attached hydrogens (tertiary/aromatic N) is 2. The van der Waals surface area contributed by atoms with Gasteiger partial charge in [-0.3, -0.25) is 4.79 Å². The lowest BCUT2D eigenvalue weighted by atomic mass is 10.1. The molecule has 0 saturated heterocycles. The van der Waals surface area contributed by atoms with Crippen molar-refractivity contribution in [1.82, 2.24) is 9.55 Å². The van der Waals surface area contributed by atoms with Crippen molar-refractivity contribution in [2.24, 2.45) is 7.05 Å². The number of pyridine rings is 1. The molecule has 0 aliphatic heterocycles. The molecule has 2 heterocycles. The molecule has 3 N–H and O–H groups in total. The molecule has 5 nitrogen and oxygen atoms in total. The minimum absolute atomic E-state index is 0.0632. The van der Waals surface area contributed by atoms with E-state index < -0.39 is 23.5 Å². The number of aryl methyl sites for hydroxylation is 1. The van der Waals surface area contributed by atoms with Gasteiger partial charge in [0, 0.05) is 23.5 Å². The van der Waals surface area contributed by atoms with E-state index in [-0.39, 0.29) is 17.2 Å². The lowest BCUT2D eigenvalue weighted by Gasteiger charge is -2.10. The van der Waals surface area contributed by atoms with Crippen molar-refractivity contribution in [2.75, 3.05) is 11.1 Å². The van der Waals surface area contributed by atoms with Crippen molar-refractivity contribution >= 4 is 28.4 Å². The van der Waals surface area contributed by atoms with Gasteiger partial charge in [0.25, 0.3) is 5.91 Å². The maximum Gasteiger partial charge on any atom is 0.416 e. The molecular weight excluding hydrogens is 412 g/mol. The Morgan fingerprint density at radius 2 is 1.81 bits per heavy atom. The Balaban J connectivity index is 1.67. The Morgan fingerprint density at radius 3 is 2.48 bits per heavy atom. The van der Waals surface area contributed by atoms with Crippen LogP contribution in [0.5, 0.6) is 0 Å². The van der Waals surface area contributed by atoms with Gasteiger partial charge in [0.1, 0.15) is 17.5 Å². The van der Waals surface area contributed by atoms with Gasteiger partial charge >= 0.3 is 6.18 Å². The molecule has 0 unspecified atom stereocenters. The molecule has 0 radical (unpaired) electrons. The fourth-order valence-corrected chi connectivity index (χ4v) is 3.37. The van der Waals surface area contributed by atoms with Gasteiger partial charge in [-0.05, 0) is 48.5 Å². The Bertz CT molecular complexity index is 1310. The number of aromatic nitrogens is 2. The molecule has 0 saturated carbocycles. The first-order chi connectivity index (χ1) is 14.6. The average Bonchev–Trinajstić information content (AvgIpc) is 3.03. The summed E-state index contributed by atoms with van der Waals surface area (Å²) in [5, 5.41) is 2.89. The summed E-state index contributed by atoms with van der Waals surface area (Å²) in [6, 6.07) is 13.7. The highest BCUT2D eigenvalue weighted by atomic mass is 19.4. The molecule has 2 aromatic carbocycles. The van der Waals surface area contributed by atoms with Crippen LogP contribution in [0.15, 0.2) is 60.7 Å². The summed E-state index contributed by atoms with van der Waals surface area (Å²) in [5.41, 5.74) is 6.82. The number of halogens is 4. The van der Waals surface area contributed by atoms with Crippen molar-refractivity contribution in [3.8, 4) is 11.3 Å². The van der Waals surface area contributed by atoms with Crippen LogP contribution in [0.3, 0.4) is 0 Å². The molecule has 0 spiro atoms. The number of hydrogen-bond acceptors (Lipinski definition) is 3. The minimum Gasteiger partial charge on any atom is -0.383 e. The van der Waals surface area contributed by atoms with E-state index in [4.69, 9.17) is 5.73 Å².